The molecule has 2 aromatic rings. The van der Waals surface area contributed by atoms with E-state index in [9.17, 15) is 15.0 Å². The van der Waals surface area contributed by atoms with Gasteiger partial charge in [0.2, 0.25) is 0 Å². The van der Waals surface area contributed by atoms with E-state index in [0.29, 0.717) is 11.1 Å². The summed E-state index contributed by atoms with van der Waals surface area (Å²) in [5.41, 5.74) is 3.14. The fraction of sp³-hybridized carbons (Fsp3) is 0.261. The molecule has 0 amide bonds. The van der Waals surface area contributed by atoms with Gasteiger partial charge in [-0.25, -0.2) is 0 Å². The van der Waals surface area contributed by atoms with Gasteiger partial charge in [-0.1, -0.05) is 42.5 Å². The number of aromatic hydroxyl groups is 1. The van der Waals surface area contributed by atoms with Crippen molar-refractivity contribution in [2.75, 3.05) is 7.11 Å². The van der Waals surface area contributed by atoms with Crippen LogP contribution < -0.4 is 4.74 Å². The number of aliphatic hydroxyl groups excluding tert-OH is 1. The number of ketones is 1. The SMILES string of the molecule is COc1cc(CO)c(C2=CCCCC2)c(O)c1C(=O)/C=C/c1ccccc1. The number of rotatable bonds is 6. The molecule has 27 heavy (non-hydrogen) atoms. The third-order valence-corrected chi connectivity index (χ3v) is 4.82. The van der Waals surface area contributed by atoms with E-state index in [2.05, 4.69) is 6.08 Å². The van der Waals surface area contributed by atoms with Crippen molar-refractivity contribution in [1.82, 2.24) is 0 Å². The fourth-order valence-electron chi connectivity index (χ4n) is 3.46. The molecule has 0 fully saturated rings. The monoisotopic (exact) mass is 364 g/mol. The molecular weight excluding hydrogens is 340 g/mol. The molecule has 0 unspecified atom stereocenters. The van der Waals surface area contributed by atoms with Crippen molar-refractivity contribution in [2.45, 2.75) is 32.3 Å². The Labute approximate surface area is 159 Å². The number of benzene rings is 2. The molecule has 4 heteroatoms. The normalized spacial score (nSPS) is 14.2. The number of allylic oxidation sites excluding steroid dienone is 3. The average molecular weight is 364 g/mol. The van der Waals surface area contributed by atoms with Crippen LogP contribution in [-0.4, -0.2) is 23.1 Å². The molecule has 2 N–H and O–H groups in total. The zero-order chi connectivity index (χ0) is 19.2. The first-order valence-electron chi connectivity index (χ1n) is 9.16. The first-order valence-corrected chi connectivity index (χ1v) is 9.16. The van der Waals surface area contributed by atoms with Gasteiger partial charge in [-0.3, -0.25) is 4.79 Å². The van der Waals surface area contributed by atoms with Crippen LogP contribution in [0.4, 0.5) is 0 Å². The van der Waals surface area contributed by atoms with Crippen LogP contribution in [0.2, 0.25) is 0 Å². The minimum absolute atomic E-state index is 0.116. The molecule has 0 saturated heterocycles. The average Bonchev–Trinajstić information content (AvgIpc) is 2.72. The molecule has 0 spiro atoms. The molecular formula is C23H24O4. The smallest absolute Gasteiger partial charge is 0.193 e. The summed E-state index contributed by atoms with van der Waals surface area (Å²) in [5, 5.41) is 20.7. The molecule has 0 saturated carbocycles. The molecule has 1 aliphatic carbocycles. The number of hydrogen-bond donors (Lipinski definition) is 2. The van der Waals surface area contributed by atoms with Crippen LogP contribution in [0.5, 0.6) is 11.5 Å². The van der Waals surface area contributed by atoms with Crippen LogP contribution in [0.1, 0.15) is 52.7 Å². The number of hydrogen-bond acceptors (Lipinski definition) is 4. The van der Waals surface area contributed by atoms with E-state index in [1.54, 1.807) is 12.1 Å². The first-order chi connectivity index (χ1) is 13.2. The van der Waals surface area contributed by atoms with E-state index >= 15 is 0 Å². The van der Waals surface area contributed by atoms with Crippen LogP contribution in [0.3, 0.4) is 0 Å². The second-order valence-electron chi connectivity index (χ2n) is 6.58. The lowest BCUT2D eigenvalue weighted by Crippen LogP contribution is -2.06. The van der Waals surface area contributed by atoms with Crippen molar-refractivity contribution in [3.63, 3.8) is 0 Å². The minimum Gasteiger partial charge on any atom is -0.506 e. The zero-order valence-corrected chi connectivity index (χ0v) is 15.4. The summed E-state index contributed by atoms with van der Waals surface area (Å²) in [7, 11) is 1.45. The summed E-state index contributed by atoms with van der Waals surface area (Å²) >= 11 is 0. The van der Waals surface area contributed by atoms with Gasteiger partial charge in [-0.15, -0.1) is 0 Å². The highest BCUT2D eigenvalue weighted by Gasteiger charge is 2.24. The van der Waals surface area contributed by atoms with Crippen LogP contribution in [-0.2, 0) is 6.61 Å². The Morgan fingerprint density at radius 3 is 2.63 bits per heavy atom. The van der Waals surface area contributed by atoms with Crippen molar-refractivity contribution in [1.29, 1.82) is 0 Å². The van der Waals surface area contributed by atoms with E-state index in [-0.39, 0.29) is 29.5 Å². The number of ether oxygens (including phenoxy) is 1. The summed E-state index contributed by atoms with van der Waals surface area (Å²) in [6.07, 6.45) is 9.12. The molecule has 0 atom stereocenters. The van der Waals surface area contributed by atoms with Crippen LogP contribution in [0.15, 0.2) is 48.6 Å². The summed E-state index contributed by atoms with van der Waals surface area (Å²) < 4.78 is 5.34. The van der Waals surface area contributed by atoms with E-state index in [1.807, 2.05) is 30.3 Å². The topological polar surface area (TPSA) is 66.8 Å². The minimum atomic E-state index is -0.338. The van der Waals surface area contributed by atoms with E-state index in [1.165, 1.54) is 13.2 Å². The highest BCUT2D eigenvalue weighted by atomic mass is 16.5. The Kier molecular flexibility index (Phi) is 6.09. The van der Waals surface area contributed by atoms with Gasteiger partial charge in [0.05, 0.1) is 13.7 Å². The number of aliphatic hydroxyl groups is 1. The van der Waals surface area contributed by atoms with Gasteiger partial charge in [-0.2, -0.15) is 0 Å². The molecule has 140 valence electrons. The molecule has 0 aromatic heterocycles. The van der Waals surface area contributed by atoms with Gasteiger partial charge in [-0.05, 0) is 54.5 Å². The summed E-state index contributed by atoms with van der Waals surface area (Å²) in [6, 6.07) is 11.1. The Bertz CT molecular complexity index is 879. The Hall–Kier alpha value is -2.85. The number of phenols is 1. The standard InChI is InChI=1S/C23H24O4/c1-27-20-14-18(15-24)21(17-10-6-3-7-11-17)23(26)22(20)19(25)13-12-16-8-4-2-5-9-16/h2,4-5,8-10,12-14,24,26H,3,6-7,11,15H2,1H3/b13-12+. The molecule has 0 aliphatic heterocycles. The highest BCUT2D eigenvalue weighted by Crippen LogP contribution is 2.41. The Morgan fingerprint density at radius 2 is 2.00 bits per heavy atom. The van der Waals surface area contributed by atoms with Gasteiger partial charge < -0.3 is 14.9 Å². The largest absolute Gasteiger partial charge is 0.506 e. The second kappa shape index (κ2) is 8.69. The molecule has 0 radical (unpaired) electrons. The lowest BCUT2D eigenvalue weighted by atomic mass is 9.87. The molecule has 4 nitrogen and oxygen atoms in total. The first kappa shape index (κ1) is 18.9. The lowest BCUT2D eigenvalue weighted by molar-refractivity contribution is 0.104. The van der Waals surface area contributed by atoms with Crippen LogP contribution >= 0.6 is 0 Å². The second-order valence-corrected chi connectivity index (χ2v) is 6.58. The van der Waals surface area contributed by atoms with Crippen molar-refractivity contribution in [3.8, 4) is 11.5 Å². The zero-order valence-electron chi connectivity index (χ0n) is 15.4. The van der Waals surface area contributed by atoms with Crippen molar-refractivity contribution in [2.24, 2.45) is 0 Å². The molecule has 0 heterocycles. The highest BCUT2D eigenvalue weighted by molar-refractivity contribution is 6.11. The van der Waals surface area contributed by atoms with Gasteiger partial charge >= 0.3 is 0 Å². The molecule has 1 aliphatic rings. The Balaban J connectivity index is 2.06. The van der Waals surface area contributed by atoms with Gasteiger partial charge in [0.1, 0.15) is 17.1 Å². The lowest BCUT2D eigenvalue weighted by Gasteiger charge is -2.20. The molecule has 3 rings (SSSR count). The maximum atomic E-state index is 12.8. The number of methoxy groups -OCH3 is 1. The predicted octanol–water partition coefficient (Wildman–Crippen LogP) is 4.75. The third kappa shape index (κ3) is 4.12. The predicted molar refractivity (Wildman–Crippen MR) is 107 cm³/mol. The third-order valence-electron chi connectivity index (χ3n) is 4.82. The maximum absolute atomic E-state index is 12.8. The number of carbonyl (C=O) groups is 1. The van der Waals surface area contributed by atoms with Crippen molar-refractivity contribution in [3.05, 3.63) is 70.8 Å². The van der Waals surface area contributed by atoms with Gasteiger partial charge in [0.25, 0.3) is 0 Å². The van der Waals surface area contributed by atoms with E-state index < -0.39 is 0 Å². The summed E-state index contributed by atoms with van der Waals surface area (Å²) in [6.45, 7) is -0.231. The van der Waals surface area contributed by atoms with Crippen LogP contribution in [0, 0.1) is 0 Å². The Morgan fingerprint density at radius 1 is 1.22 bits per heavy atom. The van der Waals surface area contributed by atoms with Gasteiger partial charge in [0.15, 0.2) is 5.78 Å². The molecule has 0 bridgehead atoms. The van der Waals surface area contributed by atoms with Crippen molar-refractivity contribution >= 4 is 17.4 Å². The number of carbonyl (C=O) groups excluding carboxylic acids is 1. The molecule has 2 aromatic carbocycles. The quantitative estimate of drug-likeness (QED) is 0.573. The van der Waals surface area contributed by atoms with Crippen LogP contribution in [0.25, 0.3) is 11.6 Å². The van der Waals surface area contributed by atoms with E-state index in [4.69, 9.17) is 4.74 Å². The maximum Gasteiger partial charge on any atom is 0.193 e. The van der Waals surface area contributed by atoms with Crippen molar-refractivity contribution < 1.29 is 19.7 Å². The summed E-state index contributed by atoms with van der Waals surface area (Å²) in [5.74, 6) is -0.191. The number of phenolic OH excluding ortho intramolecular Hbond substituents is 1. The van der Waals surface area contributed by atoms with Gasteiger partial charge in [0, 0.05) is 5.56 Å². The fourth-order valence-corrected chi connectivity index (χ4v) is 3.46. The summed E-state index contributed by atoms with van der Waals surface area (Å²) in [4.78, 5) is 12.8. The van der Waals surface area contributed by atoms with E-state index in [0.717, 1.165) is 36.8 Å².